The first-order valence-electron chi connectivity index (χ1n) is 4.06. The zero-order valence-electron chi connectivity index (χ0n) is 7.46. The number of aromatic nitrogens is 3. The normalized spacial score (nSPS) is 10.2. The first-order chi connectivity index (χ1) is 7.16. The third-order valence-electron chi connectivity index (χ3n) is 1.85. The number of halogens is 1. The summed E-state index contributed by atoms with van der Waals surface area (Å²) in [5.41, 5.74) is 0.995. The van der Waals surface area contributed by atoms with Crippen molar-refractivity contribution < 1.29 is 9.90 Å². The summed E-state index contributed by atoms with van der Waals surface area (Å²) in [5, 5.41) is 16.2. The lowest BCUT2D eigenvalue weighted by Crippen LogP contribution is -2.00. The van der Waals surface area contributed by atoms with Crippen LogP contribution in [0.15, 0.2) is 30.9 Å². The van der Waals surface area contributed by atoms with Crippen LogP contribution in [0, 0.1) is 3.57 Å². The maximum absolute atomic E-state index is 10.8. The van der Waals surface area contributed by atoms with Crippen molar-refractivity contribution >= 4 is 28.6 Å². The van der Waals surface area contributed by atoms with Crippen LogP contribution >= 0.6 is 22.6 Å². The standard InChI is InChI=1S/C9H6IN3O2/c10-7-1-6(9(14)15)2-8(3-7)13-4-11-12-5-13/h1-5H,(H,14,15). The number of hydrogen-bond acceptors (Lipinski definition) is 3. The zero-order valence-corrected chi connectivity index (χ0v) is 9.62. The molecule has 0 aliphatic carbocycles. The lowest BCUT2D eigenvalue weighted by Gasteiger charge is -2.03. The fourth-order valence-corrected chi connectivity index (χ4v) is 1.84. The van der Waals surface area contributed by atoms with Gasteiger partial charge in [-0.05, 0) is 40.8 Å². The van der Waals surface area contributed by atoms with E-state index in [0.29, 0.717) is 0 Å². The van der Waals surface area contributed by atoms with Crippen molar-refractivity contribution in [1.82, 2.24) is 14.8 Å². The predicted octanol–water partition coefficient (Wildman–Crippen LogP) is 1.57. The maximum Gasteiger partial charge on any atom is 0.335 e. The summed E-state index contributed by atoms with van der Waals surface area (Å²) in [7, 11) is 0. The molecule has 1 heterocycles. The Balaban J connectivity index is 2.54. The topological polar surface area (TPSA) is 68.0 Å². The van der Waals surface area contributed by atoms with Crippen LogP contribution in [0.1, 0.15) is 10.4 Å². The zero-order chi connectivity index (χ0) is 10.8. The molecule has 1 aromatic carbocycles. The summed E-state index contributed by atoms with van der Waals surface area (Å²) in [6, 6.07) is 5.04. The summed E-state index contributed by atoms with van der Waals surface area (Å²) in [6.45, 7) is 0. The highest BCUT2D eigenvalue weighted by molar-refractivity contribution is 14.1. The molecular formula is C9H6IN3O2. The molecule has 0 bridgehead atoms. The van der Waals surface area contributed by atoms with E-state index in [1.165, 1.54) is 12.7 Å². The van der Waals surface area contributed by atoms with E-state index in [-0.39, 0.29) is 5.56 Å². The largest absolute Gasteiger partial charge is 0.478 e. The number of aromatic carboxylic acids is 1. The predicted molar refractivity (Wildman–Crippen MR) is 61.0 cm³/mol. The van der Waals surface area contributed by atoms with E-state index in [1.807, 2.05) is 6.07 Å². The number of rotatable bonds is 2. The third kappa shape index (κ3) is 2.14. The Hall–Kier alpha value is -1.44. The molecule has 0 radical (unpaired) electrons. The lowest BCUT2D eigenvalue weighted by atomic mass is 10.2. The molecule has 0 unspecified atom stereocenters. The second-order valence-electron chi connectivity index (χ2n) is 2.87. The number of carbonyl (C=O) groups is 1. The summed E-state index contributed by atoms with van der Waals surface area (Å²) in [4.78, 5) is 10.8. The molecule has 0 saturated heterocycles. The maximum atomic E-state index is 10.8. The van der Waals surface area contributed by atoms with Gasteiger partial charge < -0.3 is 5.11 Å². The minimum atomic E-state index is -0.942. The molecule has 1 aromatic heterocycles. The van der Waals surface area contributed by atoms with Gasteiger partial charge in [-0.25, -0.2) is 4.79 Å². The van der Waals surface area contributed by atoms with E-state index in [2.05, 4.69) is 32.8 Å². The van der Waals surface area contributed by atoms with Crippen LogP contribution < -0.4 is 0 Å². The van der Waals surface area contributed by atoms with Gasteiger partial charge in [-0.1, -0.05) is 0 Å². The Labute approximate surface area is 98.9 Å². The van der Waals surface area contributed by atoms with Gasteiger partial charge in [0.05, 0.1) is 5.56 Å². The Morgan fingerprint density at radius 3 is 2.53 bits per heavy atom. The summed E-state index contributed by atoms with van der Waals surface area (Å²) < 4.78 is 2.52. The Bertz CT molecular complexity index is 496. The molecule has 0 aliphatic heterocycles. The van der Waals surface area contributed by atoms with Gasteiger partial charge in [0.2, 0.25) is 0 Å². The van der Waals surface area contributed by atoms with E-state index in [1.54, 1.807) is 16.7 Å². The van der Waals surface area contributed by atoms with Crippen LogP contribution in [0.4, 0.5) is 0 Å². The first-order valence-corrected chi connectivity index (χ1v) is 5.13. The van der Waals surface area contributed by atoms with Crippen LogP contribution in [-0.4, -0.2) is 25.8 Å². The monoisotopic (exact) mass is 315 g/mol. The average molecular weight is 315 g/mol. The number of hydrogen-bond donors (Lipinski definition) is 1. The van der Waals surface area contributed by atoms with Crippen LogP contribution in [-0.2, 0) is 0 Å². The molecular weight excluding hydrogens is 309 g/mol. The molecule has 0 fully saturated rings. The fourth-order valence-electron chi connectivity index (χ4n) is 1.18. The molecule has 0 atom stereocenters. The second-order valence-corrected chi connectivity index (χ2v) is 4.12. The van der Waals surface area contributed by atoms with E-state index >= 15 is 0 Å². The summed E-state index contributed by atoms with van der Waals surface area (Å²) >= 11 is 2.07. The van der Waals surface area contributed by atoms with Crippen molar-refractivity contribution in [3.63, 3.8) is 0 Å². The Kier molecular flexibility index (Phi) is 2.67. The summed E-state index contributed by atoms with van der Waals surface area (Å²) in [5.74, 6) is -0.942. The third-order valence-corrected chi connectivity index (χ3v) is 2.47. The van der Waals surface area contributed by atoms with Gasteiger partial charge in [0.1, 0.15) is 12.7 Å². The van der Waals surface area contributed by atoms with Crippen molar-refractivity contribution in [2.45, 2.75) is 0 Å². The van der Waals surface area contributed by atoms with Crippen molar-refractivity contribution in [2.75, 3.05) is 0 Å². The number of carboxylic acids is 1. The van der Waals surface area contributed by atoms with Gasteiger partial charge in [0.15, 0.2) is 0 Å². The molecule has 0 aliphatic rings. The molecule has 0 spiro atoms. The molecule has 0 amide bonds. The van der Waals surface area contributed by atoms with E-state index < -0.39 is 5.97 Å². The van der Waals surface area contributed by atoms with Gasteiger partial charge in [0, 0.05) is 9.26 Å². The van der Waals surface area contributed by atoms with Gasteiger partial charge in [-0.15, -0.1) is 10.2 Å². The summed E-state index contributed by atoms with van der Waals surface area (Å²) in [6.07, 6.45) is 3.05. The molecule has 5 nitrogen and oxygen atoms in total. The fraction of sp³-hybridized carbons (Fsp3) is 0. The van der Waals surface area contributed by atoms with Crippen LogP contribution in [0.2, 0.25) is 0 Å². The van der Waals surface area contributed by atoms with Gasteiger partial charge in [0.25, 0.3) is 0 Å². The van der Waals surface area contributed by atoms with Crippen molar-refractivity contribution in [2.24, 2.45) is 0 Å². The van der Waals surface area contributed by atoms with E-state index in [4.69, 9.17) is 5.11 Å². The lowest BCUT2D eigenvalue weighted by molar-refractivity contribution is 0.0697. The van der Waals surface area contributed by atoms with Crippen molar-refractivity contribution in [3.8, 4) is 5.69 Å². The van der Waals surface area contributed by atoms with Crippen molar-refractivity contribution in [1.29, 1.82) is 0 Å². The van der Waals surface area contributed by atoms with Gasteiger partial charge >= 0.3 is 5.97 Å². The molecule has 76 valence electrons. The van der Waals surface area contributed by atoms with Crippen LogP contribution in [0.5, 0.6) is 0 Å². The van der Waals surface area contributed by atoms with Gasteiger partial charge in [-0.2, -0.15) is 0 Å². The van der Waals surface area contributed by atoms with Crippen molar-refractivity contribution in [3.05, 3.63) is 40.0 Å². The minimum Gasteiger partial charge on any atom is -0.478 e. The van der Waals surface area contributed by atoms with Crippen LogP contribution in [0.3, 0.4) is 0 Å². The Morgan fingerprint density at radius 2 is 1.93 bits per heavy atom. The quantitative estimate of drug-likeness (QED) is 0.854. The Morgan fingerprint density at radius 1 is 1.27 bits per heavy atom. The molecule has 2 rings (SSSR count). The van der Waals surface area contributed by atoms with E-state index in [0.717, 1.165) is 9.26 Å². The molecule has 0 saturated carbocycles. The first kappa shape index (κ1) is 10.1. The molecule has 2 aromatic rings. The molecule has 1 N–H and O–H groups in total. The highest BCUT2D eigenvalue weighted by atomic mass is 127. The molecule has 6 heteroatoms. The smallest absolute Gasteiger partial charge is 0.335 e. The number of carboxylic acid groups (broad SMARTS) is 1. The average Bonchev–Trinajstić information content (AvgIpc) is 2.69. The minimum absolute atomic E-state index is 0.255. The molecule has 15 heavy (non-hydrogen) atoms. The van der Waals surface area contributed by atoms with Gasteiger partial charge in [-0.3, -0.25) is 4.57 Å². The number of benzene rings is 1. The van der Waals surface area contributed by atoms with E-state index in [9.17, 15) is 4.79 Å². The second kappa shape index (κ2) is 3.97. The highest BCUT2D eigenvalue weighted by Gasteiger charge is 2.06. The highest BCUT2D eigenvalue weighted by Crippen LogP contribution is 2.15. The SMILES string of the molecule is O=C(O)c1cc(I)cc(-n2cnnc2)c1. The van der Waals surface area contributed by atoms with Crippen LogP contribution in [0.25, 0.3) is 5.69 Å². The number of nitrogens with zero attached hydrogens (tertiary/aromatic N) is 3.